The van der Waals surface area contributed by atoms with Crippen molar-refractivity contribution >= 4 is 27.3 Å². The lowest BCUT2D eigenvalue weighted by Gasteiger charge is -2.13. The summed E-state index contributed by atoms with van der Waals surface area (Å²) >= 11 is 5.72. The largest absolute Gasteiger partial charge is 0.416 e. The Morgan fingerprint density at radius 1 is 1.09 bits per heavy atom. The zero-order valence-corrected chi connectivity index (χ0v) is 12.9. The van der Waals surface area contributed by atoms with Crippen molar-refractivity contribution in [3.63, 3.8) is 0 Å². The van der Waals surface area contributed by atoms with Crippen LogP contribution in [-0.2, 0) is 22.0 Å². The SMILES string of the molecule is O=S(=O)(Cc1ccccc1F)Nc1cc(C(F)(F)F)ccc1Cl. The van der Waals surface area contributed by atoms with Crippen LogP contribution in [0.5, 0.6) is 0 Å². The highest BCUT2D eigenvalue weighted by molar-refractivity contribution is 7.91. The molecule has 0 spiro atoms. The number of alkyl halides is 3. The zero-order chi connectivity index (χ0) is 17.3. The molecule has 2 rings (SSSR count). The van der Waals surface area contributed by atoms with Crippen molar-refractivity contribution in [1.82, 2.24) is 0 Å². The molecule has 9 heteroatoms. The predicted molar refractivity (Wildman–Crippen MR) is 79.1 cm³/mol. The molecular weight excluding hydrogens is 358 g/mol. The zero-order valence-electron chi connectivity index (χ0n) is 11.4. The first kappa shape index (κ1) is 17.6. The Morgan fingerprint density at radius 2 is 1.74 bits per heavy atom. The normalized spacial score (nSPS) is 12.2. The third-order valence-electron chi connectivity index (χ3n) is 2.86. The highest BCUT2D eigenvalue weighted by Gasteiger charge is 2.31. The van der Waals surface area contributed by atoms with Crippen molar-refractivity contribution < 1.29 is 26.0 Å². The van der Waals surface area contributed by atoms with Gasteiger partial charge in [-0.1, -0.05) is 29.8 Å². The quantitative estimate of drug-likeness (QED) is 0.812. The molecule has 2 aromatic rings. The summed E-state index contributed by atoms with van der Waals surface area (Å²) in [4.78, 5) is 0. The first-order valence-electron chi connectivity index (χ1n) is 6.19. The molecule has 0 aliphatic rings. The van der Waals surface area contributed by atoms with E-state index in [4.69, 9.17) is 11.6 Å². The number of hydrogen-bond acceptors (Lipinski definition) is 2. The molecule has 0 bridgehead atoms. The van der Waals surface area contributed by atoms with Gasteiger partial charge in [-0.25, -0.2) is 12.8 Å². The molecule has 0 radical (unpaired) electrons. The lowest BCUT2D eigenvalue weighted by molar-refractivity contribution is -0.137. The molecule has 0 fully saturated rings. The molecular formula is C14H10ClF4NO2S. The fraction of sp³-hybridized carbons (Fsp3) is 0.143. The Bertz CT molecular complexity index is 822. The van der Waals surface area contributed by atoms with Gasteiger partial charge in [0, 0.05) is 5.56 Å². The van der Waals surface area contributed by atoms with E-state index < -0.39 is 39.0 Å². The van der Waals surface area contributed by atoms with Gasteiger partial charge in [-0.05, 0) is 24.3 Å². The second kappa shape index (κ2) is 6.37. The minimum Gasteiger partial charge on any atom is -0.282 e. The fourth-order valence-corrected chi connectivity index (χ4v) is 3.24. The van der Waals surface area contributed by atoms with Gasteiger partial charge in [-0.2, -0.15) is 13.2 Å². The second-order valence-electron chi connectivity index (χ2n) is 4.64. The maximum Gasteiger partial charge on any atom is 0.416 e. The highest BCUT2D eigenvalue weighted by Crippen LogP contribution is 2.34. The van der Waals surface area contributed by atoms with Gasteiger partial charge in [0.2, 0.25) is 10.0 Å². The van der Waals surface area contributed by atoms with Gasteiger partial charge in [-0.15, -0.1) is 0 Å². The van der Waals surface area contributed by atoms with E-state index in [9.17, 15) is 26.0 Å². The first-order valence-corrected chi connectivity index (χ1v) is 8.22. The Labute approximate surface area is 134 Å². The molecule has 0 amide bonds. The summed E-state index contributed by atoms with van der Waals surface area (Å²) in [6.07, 6.45) is -4.64. The predicted octanol–water partition coefficient (Wildman–Crippen LogP) is 4.44. The van der Waals surface area contributed by atoms with Gasteiger partial charge in [0.1, 0.15) is 5.82 Å². The van der Waals surface area contributed by atoms with Crippen LogP contribution in [0.3, 0.4) is 0 Å². The maximum absolute atomic E-state index is 13.5. The Morgan fingerprint density at radius 3 is 2.35 bits per heavy atom. The van der Waals surface area contributed by atoms with Crippen molar-refractivity contribution in [3.8, 4) is 0 Å². The number of benzene rings is 2. The fourth-order valence-electron chi connectivity index (χ4n) is 1.80. The highest BCUT2D eigenvalue weighted by atomic mass is 35.5. The smallest absolute Gasteiger partial charge is 0.282 e. The second-order valence-corrected chi connectivity index (χ2v) is 6.77. The molecule has 124 valence electrons. The number of nitrogens with one attached hydrogen (secondary N) is 1. The van der Waals surface area contributed by atoms with E-state index in [0.717, 1.165) is 18.2 Å². The van der Waals surface area contributed by atoms with Crippen molar-refractivity contribution in [1.29, 1.82) is 0 Å². The topological polar surface area (TPSA) is 46.2 Å². The third-order valence-corrected chi connectivity index (χ3v) is 4.41. The summed E-state index contributed by atoms with van der Waals surface area (Å²) in [5, 5.41) is -0.199. The van der Waals surface area contributed by atoms with Crippen LogP contribution in [0.1, 0.15) is 11.1 Å². The van der Waals surface area contributed by atoms with Crippen molar-refractivity contribution in [2.24, 2.45) is 0 Å². The van der Waals surface area contributed by atoms with E-state index in [-0.39, 0.29) is 10.6 Å². The van der Waals surface area contributed by atoms with Crippen LogP contribution in [-0.4, -0.2) is 8.42 Å². The summed E-state index contributed by atoms with van der Waals surface area (Å²) in [6, 6.07) is 7.45. The van der Waals surface area contributed by atoms with Crippen LogP contribution < -0.4 is 4.72 Å². The maximum atomic E-state index is 13.5. The number of hydrogen-bond donors (Lipinski definition) is 1. The average molecular weight is 368 g/mol. The summed E-state index contributed by atoms with van der Waals surface area (Å²) in [5.41, 5.74) is -1.58. The number of anilines is 1. The van der Waals surface area contributed by atoms with E-state index >= 15 is 0 Å². The molecule has 0 saturated heterocycles. The van der Waals surface area contributed by atoms with Crippen molar-refractivity contribution in [2.75, 3.05) is 4.72 Å². The van der Waals surface area contributed by atoms with Gasteiger partial charge >= 0.3 is 6.18 Å². The average Bonchev–Trinajstić information content (AvgIpc) is 2.42. The molecule has 23 heavy (non-hydrogen) atoms. The summed E-state index contributed by atoms with van der Waals surface area (Å²) in [5.74, 6) is -1.46. The molecule has 0 aliphatic carbocycles. The Balaban J connectivity index is 2.29. The standard InChI is InChI=1S/C14H10ClF4NO2S/c15-11-6-5-10(14(17,18)19)7-13(11)20-23(21,22)8-9-3-1-2-4-12(9)16/h1-7,20H,8H2. The molecule has 3 nitrogen and oxygen atoms in total. The number of halogens is 5. The van der Waals surface area contributed by atoms with Gasteiger partial charge in [0.05, 0.1) is 22.0 Å². The van der Waals surface area contributed by atoms with Crippen LogP contribution in [0.15, 0.2) is 42.5 Å². The van der Waals surface area contributed by atoms with Gasteiger partial charge in [0.15, 0.2) is 0 Å². The molecule has 0 unspecified atom stereocenters. The minimum atomic E-state index is -4.64. The van der Waals surface area contributed by atoms with Gasteiger partial charge in [0.25, 0.3) is 0 Å². The van der Waals surface area contributed by atoms with Crippen molar-refractivity contribution in [3.05, 3.63) is 64.4 Å². The molecule has 0 heterocycles. The summed E-state index contributed by atoms with van der Waals surface area (Å²) < 4.78 is 77.5. The molecule has 0 aromatic heterocycles. The monoisotopic (exact) mass is 367 g/mol. The van der Waals surface area contributed by atoms with Crippen molar-refractivity contribution in [2.45, 2.75) is 11.9 Å². The lowest BCUT2D eigenvalue weighted by Crippen LogP contribution is -2.17. The number of rotatable bonds is 4. The van der Waals surface area contributed by atoms with E-state index in [1.54, 1.807) is 0 Å². The minimum absolute atomic E-state index is 0.108. The van der Waals surface area contributed by atoms with Gasteiger partial charge in [-0.3, -0.25) is 4.72 Å². The van der Waals surface area contributed by atoms with Crippen LogP contribution in [0.2, 0.25) is 5.02 Å². The molecule has 0 aliphatic heterocycles. The summed E-state index contributed by atoms with van der Waals surface area (Å²) in [6.45, 7) is 0. The van der Waals surface area contributed by atoms with Crippen LogP contribution in [0.4, 0.5) is 23.2 Å². The van der Waals surface area contributed by atoms with Crippen LogP contribution in [0, 0.1) is 5.82 Å². The van der Waals surface area contributed by atoms with Gasteiger partial charge < -0.3 is 0 Å². The van der Waals surface area contributed by atoms with Crippen LogP contribution in [0.25, 0.3) is 0 Å². The molecule has 0 atom stereocenters. The molecule has 0 saturated carbocycles. The Kier molecular flexibility index (Phi) is 4.86. The number of sulfonamides is 1. The Hall–Kier alpha value is -1.80. The van der Waals surface area contributed by atoms with E-state index in [1.165, 1.54) is 18.2 Å². The first-order chi connectivity index (χ1) is 10.6. The van der Waals surface area contributed by atoms with E-state index in [1.807, 2.05) is 4.72 Å². The molecule has 1 N–H and O–H groups in total. The van der Waals surface area contributed by atoms with Crippen LogP contribution >= 0.6 is 11.6 Å². The molecule has 2 aromatic carbocycles. The van der Waals surface area contributed by atoms with E-state index in [0.29, 0.717) is 6.07 Å². The summed E-state index contributed by atoms with van der Waals surface area (Å²) in [7, 11) is -4.14. The lowest BCUT2D eigenvalue weighted by atomic mass is 10.2. The third kappa shape index (κ3) is 4.59. The van der Waals surface area contributed by atoms with E-state index in [2.05, 4.69) is 0 Å².